The van der Waals surface area contributed by atoms with Gasteiger partial charge in [-0.05, 0) is 33.4 Å². The van der Waals surface area contributed by atoms with Gasteiger partial charge in [0.2, 0.25) is 5.91 Å². The normalized spacial score (nSPS) is 14.2. The van der Waals surface area contributed by atoms with Crippen molar-refractivity contribution in [3.63, 3.8) is 0 Å². The number of imidazole rings is 1. The Morgan fingerprint density at radius 2 is 2.00 bits per heavy atom. The second-order valence-electron chi connectivity index (χ2n) is 6.85. The van der Waals surface area contributed by atoms with Crippen molar-refractivity contribution in [2.75, 3.05) is 26.7 Å². The van der Waals surface area contributed by atoms with Gasteiger partial charge in [-0.15, -0.1) is 0 Å². The molecule has 1 rings (SSSR count). The van der Waals surface area contributed by atoms with Gasteiger partial charge in [0.15, 0.2) is 5.78 Å². The summed E-state index contributed by atoms with van der Waals surface area (Å²) in [5.41, 5.74) is 0.693. The Bertz CT molecular complexity index is 624. The van der Waals surface area contributed by atoms with E-state index in [0.29, 0.717) is 12.1 Å². The van der Waals surface area contributed by atoms with E-state index in [-0.39, 0.29) is 24.5 Å². The molecule has 0 saturated carbocycles. The maximum absolute atomic E-state index is 12.8. The van der Waals surface area contributed by atoms with E-state index in [1.807, 2.05) is 7.05 Å². The quantitative estimate of drug-likeness (QED) is 0.140. The number of aromatic amines is 1. The average Bonchev–Trinajstić information content (AvgIpc) is 3.20. The molecule has 164 valence electrons. The van der Waals surface area contributed by atoms with Gasteiger partial charge in [0.1, 0.15) is 11.8 Å². The van der Waals surface area contributed by atoms with E-state index in [4.69, 9.17) is 0 Å². The highest BCUT2D eigenvalue weighted by atomic mass is 31.0. The molecule has 0 aliphatic heterocycles. The topological polar surface area (TPSA) is 148 Å². The number of aliphatic hydroxyl groups is 1. The highest BCUT2D eigenvalue weighted by molar-refractivity contribution is 7.13. The van der Waals surface area contributed by atoms with Crippen LogP contribution in [0.2, 0.25) is 0 Å². The third-order valence-corrected chi connectivity index (χ3v) is 4.97. The molecule has 1 heterocycles. The van der Waals surface area contributed by atoms with Crippen molar-refractivity contribution < 1.29 is 19.5 Å². The van der Waals surface area contributed by atoms with Crippen molar-refractivity contribution in [3.05, 3.63) is 18.2 Å². The Morgan fingerprint density at radius 1 is 1.24 bits per heavy atom. The Labute approximate surface area is 173 Å². The lowest BCUT2D eigenvalue weighted by Gasteiger charge is -2.22. The number of ketones is 2. The summed E-state index contributed by atoms with van der Waals surface area (Å²) in [7, 11) is 4.05. The third kappa shape index (κ3) is 9.56. The summed E-state index contributed by atoms with van der Waals surface area (Å²) in [6, 6.07) is -2.07. The molecule has 1 aromatic heterocycles. The fourth-order valence-corrected chi connectivity index (χ4v) is 3.05. The molecule has 0 radical (unpaired) electrons. The molecule has 0 fully saturated rings. The van der Waals surface area contributed by atoms with Crippen LogP contribution in [0.5, 0.6) is 0 Å². The SMILES string of the molecule is CNCCCC[C@@H](NCC(=O)[C@H](Cc1cnc[nH]1)NC(=O)[C@H](CO)NP)C(C)=O. The lowest BCUT2D eigenvalue weighted by molar-refractivity contribution is -0.129. The minimum atomic E-state index is -0.845. The van der Waals surface area contributed by atoms with Crippen molar-refractivity contribution in [2.45, 2.75) is 50.7 Å². The second kappa shape index (κ2) is 14.3. The van der Waals surface area contributed by atoms with Gasteiger partial charge in [-0.3, -0.25) is 19.5 Å². The van der Waals surface area contributed by atoms with E-state index in [9.17, 15) is 19.5 Å². The van der Waals surface area contributed by atoms with Crippen LogP contribution >= 0.6 is 9.39 Å². The van der Waals surface area contributed by atoms with Crippen LogP contribution < -0.4 is 21.0 Å². The van der Waals surface area contributed by atoms with Gasteiger partial charge in [-0.25, -0.2) is 4.98 Å². The van der Waals surface area contributed by atoms with Crippen molar-refractivity contribution in [3.8, 4) is 0 Å². The largest absolute Gasteiger partial charge is 0.394 e. The zero-order chi connectivity index (χ0) is 21.6. The lowest BCUT2D eigenvalue weighted by Crippen LogP contribution is -2.53. The number of carbonyl (C=O) groups excluding carboxylic acids is 3. The molecule has 0 aliphatic rings. The minimum Gasteiger partial charge on any atom is -0.394 e. The summed E-state index contributed by atoms with van der Waals surface area (Å²) in [4.78, 5) is 43.8. The van der Waals surface area contributed by atoms with E-state index >= 15 is 0 Å². The smallest absolute Gasteiger partial charge is 0.240 e. The van der Waals surface area contributed by atoms with Gasteiger partial charge in [-0.1, -0.05) is 15.8 Å². The fourth-order valence-electron chi connectivity index (χ4n) is 2.79. The highest BCUT2D eigenvalue weighted by Crippen LogP contribution is 2.04. The predicted molar refractivity (Wildman–Crippen MR) is 113 cm³/mol. The van der Waals surface area contributed by atoms with Crippen LogP contribution in [0.25, 0.3) is 0 Å². The number of hydrogen-bond acceptors (Lipinski definition) is 8. The second-order valence-corrected chi connectivity index (χ2v) is 7.19. The Balaban J connectivity index is 2.71. The van der Waals surface area contributed by atoms with Crippen LogP contribution in [0, 0.1) is 0 Å². The van der Waals surface area contributed by atoms with Crippen LogP contribution in [-0.4, -0.2) is 77.4 Å². The molecule has 6 N–H and O–H groups in total. The molecule has 0 aromatic carbocycles. The molecular weight excluding hydrogens is 395 g/mol. The van der Waals surface area contributed by atoms with E-state index in [2.05, 4.69) is 40.4 Å². The van der Waals surface area contributed by atoms with Crippen LogP contribution in [0.1, 0.15) is 31.9 Å². The summed E-state index contributed by atoms with van der Waals surface area (Å²) in [5.74, 6) is -0.769. The number of Topliss-reactive ketones (excluding diaryl/α,β-unsaturated/α-hetero) is 2. The lowest BCUT2D eigenvalue weighted by atomic mass is 10.0. The number of hydrogen-bond donors (Lipinski definition) is 6. The van der Waals surface area contributed by atoms with Crippen LogP contribution in [0.3, 0.4) is 0 Å². The van der Waals surface area contributed by atoms with Gasteiger partial charge >= 0.3 is 0 Å². The highest BCUT2D eigenvalue weighted by Gasteiger charge is 2.26. The summed E-state index contributed by atoms with van der Waals surface area (Å²) in [5, 5.41) is 20.6. The number of aliphatic hydroxyl groups excluding tert-OH is 1. The third-order valence-electron chi connectivity index (χ3n) is 4.57. The van der Waals surface area contributed by atoms with E-state index in [1.54, 1.807) is 6.20 Å². The standard InChI is InChI=1S/C18H33N6O4P/c1-12(26)14(5-3-4-6-19-2)21-9-17(27)15(7-13-8-20-11-22-13)23-18(28)16(10-25)24-29/h8,11,14-16,19,21,24-25H,3-7,9-10,29H2,1-2H3,(H,20,22)(H,23,28)/t14-,15+,16+/m1/s1. The molecule has 0 aliphatic carbocycles. The molecule has 1 aromatic rings. The average molecular weight is 428 g/mol. The van der Waals surface area contributed by atoms with Gasteiger partial charge in [0, 0.05) is 18.3 Å². The summed E-state index contributed by atoms with van der Waals surface area (Å²) in [6.45, 7) is 1.92. The molecule has 11 heteroatoms. The van der Waals surface area contributed by atoms with E-state index in [0.717, 1.165) is 19.4 Å². The summed E-state index contributed by atoms with van der Waals surface area (Å²) >= 11 is 0. The summed E-state index contributed by atoms with van der Waals surface area (Å²) < 4.78 is 0. The van der Waals surface area contributed by atoms with Crippen molar-refractivity contribution in [2.24, 2.45) is 0 Å². The molecule has 1 unspecified atom stereocenters. The number of rotatable bonds is 16. The number of nitrogens with zero attached hydrogens (tertiary/aromatic N) is 1. The van der Waals surface area contributed by atoms with Crippen molar-refractivity contribution in [1.29, 1.82) is 0 Å². The van der Waals surface area contributed by atoms with Gasteiger partial charge in [0.25, 0.3) is 0 Å². The van der Waals surface area contributed by atoms with Gasteiger partial charge in [-0.2, -0.15) is 0 Å². The molecule has 29 heavy (non-hydrogen) atoms. The van der Waals surface area contributed by atoms with Crippen LogP contribution in [0.15, 0.2) is 12.5 Å². The first-order valence-corrected chi connectivity index (χ1v) is 10.3. The zero-order valence-electron chi connectivity index (χ0n) is 17.0. The van der Waals surface area contributed by atoms with Gasteiger partial charge < -0.3 is 26.0 Å². The number of aromatic nitrogens is 2. The Hall–Kier alpha value is -1.71. The molecular formula is C18H33N6O4P. The molecule has 0 spiro atoms. The Kier molecular flexibility index (Phi) is 12.5. The van der Waals surface area contributed by atoms with Crippen LogP contribution in [0.4, 0.5) is 0 Å². The Morgan fingerprint density at radius 3 is 2.55 bits per heavy atom. The van der Waals surface area contributed by atoms with E-state index in [1.165, 1.54) is 13.3 Å². The van der Waals surface area contributed by atoms with Crippen LogP contribution in [-0.2, 0) is 20.8 Å². The molecule has 10 nitrogen and oxygen atoms in total. The molecule has 0 bridgehead atoms. The predicted octanol–water partition coefficient (Wildman–Crippen LogP) is -1.32. The minimum absolute atomic E-state index is 0.0241. The first-order valence-electron chi connectivity index (χ1n) is 9.68. The number of amides is 1. The first-order chi connectivity index (χ1) is 13.9. The molecule has 0 saturated heterocycles. The zero-order valence-corrected chi connectivity index (χ0v) is 18.2. The number of unbranched alkanes of at least 4 members (excludes halogenated alkanes) is 1. The number of carbonyl (C=O) groups is 3. The van der Waals surface area contributed by atoms with Gasteiger partial charge in [0.05, 0.1) is 31.6 Å². The maximum atomic E-state index is 12.8. The van der Waals surface area contributed by atoms with E-state index < -0.39 is 30.6 Å². The number of nitrogens with one attached hydrogen (secondary N) is 5. The first kappa shape index (κ1) is 25.3. The van der Waals surface area contributed by atoms with Crippen molar-refractivity contribution in [1.82, 2.24) is 31.0 Å². The number of H-pyrrole nitrogens is 1. The monoisotopic (exact) mass is 428 g/mol. The summed E-state index contributed by atoms with van der Waals surface area (Å²) in [6.07, 6.45) is 5.75. The fraction of sp³-hybridized carbons (Fsp3) is 0.667. The molecule has 1 amide bonds. The maximum Gasteiger partial charge on any atom is 0.240 e. The molecule has 4 atom stereocenters. The van der Waals surface area contributed by atoms with Crippen molar-refractivity contribution >= 4 is 26.9 Å².